The van der Waals surface area contributed by atoms with Crippen molar-refractivity contribution in [1.82, 2.24) is 0 Å². The number of hydrogen-bond donors (Lipinski definition) is 0. The third-order valence-corrected chi connectivity index (χ3v) is 3.86. The lowest BCUT2D eigenvalue weighted by molar-refractivity contribution is 0.589. The van der Waals surface area contributed by atoms with Crippen molar-refractivity contribution < 1.29 is 4.57 Å². The van der Waals surface area contributed by atoms with Gasteiger partial charge in [-0.05, 0) is 18.6 Å². The van der Waals surface area contributed by atoms with Gasteiger partial charge in [0.15, 0.2) is 0 Å². The van der Waals surface area contributed by atoms with Gasteiger partial charge in [-0.3, -0.25) is 4.57 Å². The Morgan fingerprint density at radius 2 is 1.79 bits per heavy atom. The molecule has 1 aromatic carbocycles. The largest absolute Gasteiger partial charge is 0.282 e. The topological polar surface area (TPSA) is 17.1 Å². The lowest BCUT2D eigenvalue weighted by Gasteiger charge is -2.00. The van der Waals surface area contributed by atoms with Gasteiger partial charge in [0.2, 0.25) is 0 Å². The summed E-state index contributed by atoms with van der Waals surface area (Å²) in [5.41, 5.74) is 0. The minimum absolute atomic E-state index is 0.847. The highest BCUT2D eigenvalue weighted by atomic mass is 31.1. The first kappa shape index (κ1) is 11.4. The van der Waals surface area contributed by atoms with Gasteiger partial charge >= 0.3 is 0 Å². The van der Waals surface area contributed by atoms with Crippen LogP contribution in [0.3, 0.4) is 0 Å². The van der Waals surface area contributed by atoms with Crippen LogP contribution in [0.1, 0.15) is 32.6 Å². The third-order valence-electron chi connectivity index (χ3n) is 2.26. The molecule has 1 radical (unpaired) electrons. The van der Waals surface area contributed by atoms with E-state index in [1.165, 1.54) is 19.3 Å². The molecular weight excluding hydrogens is 191 g/mol. The van der Waals surface area contributed by atoms with E-state index in [0.29, 0.717) is 0 Å². The first-order valence-corrected chi connectivity index (χ1v) is 6.79. The molecule has 14 heavy (non-hydrogen) atoms. The van der Waals surface area contributed by atoms with Crippen LogP contribution in [-0.4, -0.2) is 6.16 Å². The van der Waals surface area contributed by atoms with Crippen molar-refractivity contribution >= 4 is 13.1 Å². The van der Waals surface area contributed by atoms with Crippen LogP contribution in [0.4, 0.5) is 0 Å². The Kier molecular flexibility index (Phi) is 5.47. The maximum Gasteiger partial charge on any atom is 0.104 e. The summed E-state index contributed by atoms with van der Waals surface area (Å²) >= 11 is 0. The van der Waals surface area contributed by atoms with Crippen LogP contribution in [-0.2, 0) is 4.57 Å². The quantitative estimate of drug-likeness (QED) is 0.515. The molecule has 0 amide bonds. The predicted molar refractivity (Wildman–Crippen MR) is 62.7 cm³/mol. The first-order chi connectivity index (χ1) is 6.84. The second kappa shape index (κ2) is 6.73. The third kappa shape index (κ3) is 4.02. The van der Waals surface area contributed by atoms with Gasteiger partial charge in [0.25, 0.3) is 0 Å². The molecule has 1 atom stereocenters. The van der Waals surface area contributed by atoms with Gasteiger partial charge in [-0.1, -0.05) is 44.4 Å². The fraction of sp³-hybridized carbons (Fsp3) is 0.500. The van der Waals surface area contributed by atoms with Gasteiger partial charge in [0.1, 0.15) is 7.80 Å². The molecule has 0 heterocycles. The van der Waals surface area contributed by atoms with Crippen LogP contribution < -0.4 is 5.30 Å². The normalized spacial score (nSPS) is 11.4. The molecule has 0 aromatic heterocycles. The van der Waals surface area contributed by atoms with E-state index in [0.717, 1.165) is 17.9 Å². The summed E-state index contributed by atoms with van der Waals surface area (Å²) in [6.07, 6.45) is 5.65. The highest BCUT2D eigenvalue weighted by Crippen LogP contribution is 2.21. The lowest BCUT2D eigenvalue weighted by Crippen LogP contribution is -1.96. The molecule has 0 aliphatic heterocycles. The van der Waals surface area contributed by atoms with Crippen LogP contribution >= 0.6 is 7.80 Å². The number of hydrogen-bond acceptors (Lipinski definition) is 1. The van der Waals surface area contributed by atoms with Gasteiger partial charge in [0, 0.05) is 11.5 Å². The molecule has 0 saturated heterocycles. The van der Waals surface area contributed by atoms with E-state index >= 15 is 0 Å². The first-order valence-electron chi connectivity index (χ1n) is 5.34. The van der Waals surface area contributed by atoms with E-state index in [1.54, 1.807) is 0 Å². The Hall–Kier alpha value is -0.680. The van der Waals surface area contributed by atoms with E-state index in [1.807, 2.05) is 30.3 Å². The Balaban J connectivity index is 2.29. The number of unbranched alkanes of at least 4 members (excludes halogenated alkanes) is 3. The maximum atomic E-state index is 11.8. The average Bonchev–Trinajstić information content (AvgIpc) is 2.25. The van der Waals surface area contributed by atoms with Crippen molar-refractivity contribution in [3.8, 4) is 0 Å². The van der Waals surface area contributed by atoms with Crippen LogP contribution in [0.2, 0.25) is 0 Å². The van der Waals surface area contributed by atoms with Crippen LogP contribution in [0.25, 0.3) is 0 Å². The molecule has 1 aromatic rings. The molecule has 1 unspecified atom stereocenters. The van der Waals surface area contributed by atoms with Crippen molar-refractivity contribution in [2.75, 3.05) is 6.16 Å². The molecule has 0 aliphatic rings. The van der Waals surface area contributed by atoms with E-state index < -0.39 is 7.80 Å². The van der Waals surface area contributed by atoms with Gasteiger partial charge < -0.3 is 0 Å². The number of rotatable bonds is 6. The summed E-state index contributed by atoms with van der Waals surface area (Å²) < 4.78 is 11.8. The Morgan fingerprint density at radius 3 is 2.43 bits per heavy atom. The monoisotopic (exact) mass is 209 g/mol. The van der Waals surface area contributed by atoms with Crippen molar-refractivity contribution in [3.05, 3.63) is 30.3 Å². The van der Waals surface area contributed by atoms with E-state index in [-0.39, 0.29) is 0 Å². The fourth-order valence-corrected chi connectivity index (χ4v) is 2.68. The van der Waals surface area contributed by atoms with Crippen molar-refractivity contribution in [3.63, 3.8) is 0 Å². The summed E-state index contributed by atoms with van der Waals surface area (Å²) in [5.74, 6) is 0. The smallest absolute Gasteiger partial charge is 0.104 e. The molecular formula is C12H18OP. The molecule has 1 nitrogen and oxygen atoms in total. The Bertz CT molecular complexity index is 269. The number of benzene rings is 1. The van der Waals surface area contributed by atoms with Crippen molar-refractivity contribution in [2.24, 2.45) is 0 Å². The summed E-state index contributed by atoms with van der Waals surface area (Å²) in [6.45, 7) is 2.19. The highest BCUT2D eigenvalue weighted by Gasteiger charge is 2.02. The van der Waals surface area contributed by atoms with Crippen molar-refractivity contribution in [1.29, 1.82) is 0 Å². The second-order valence-electron chi connectivity index (χ2n) is 3.50. The summed E-state index contributed by atoms with van der Waals surface area (Å²) in [7, 11) is -1.14. The summed E-state index contributed by atoms with van der Waals surface area (Å²) in [6, 6.07) is 9.78. The minimum atomic E-state index is -1.14. The molecule has 2 heteroatoms. The fourth-order valence-electron chi connectivity index (χ4n) is 1.41. The standard InChI is InChI=1S/C12H18OP/c1-2-3-4-8-11-14(13)12-9-6-5-7-10-12/h5-7,9-10H,2-4,8,11H2,1H3. The van der Waals surface area contributed by atoms with Gasteiger partial charge in [-0.25, -0.2) is 0 Å². The predicted octanol–water partition coefficient (Wildman–Crippen LogP) is 3.72. The zero-order valence-corrected chi connectivity index (χ0v) is 9.67. The van der Waals surface area contributed by atoms with Crippen molar-refractivity contribution in [2.45, 2.75) is 32.6 Å². The van der Waals surface area contributed by atoms with E-state index in [4.69, 9.17) is 0 Å². The van der Waals surface area contributed by atoms with Gasteiger partial charge in [0.05, 0.1) is 0 Å². The molecule has 0 fully saturated rings. The zero-order valence-electron chi connectivity index (χ0n) is 8.78. The molecule has 1 rings (SSSR count). The SMILES string of the molecule is CCCCCC[P](=O)c1ccccc1. The maximum absolute atomic E-state index is 11.8. The van der Waals surface area contributed by atoms with Crippen LogP contribution in [0, 0.1) is 0 Å². The molecule has 77 valence electrons. The lowest BCUT2D eigenvalue weighted by atomic mass is 10.2. The second-order valence-corrected chi connectivity index (χ2v) is 5.22. The molecule has 0 bridgehead atoms. The highest BCUT2D eigenvalue weighted by molar-refractivity contribution is 7.53. The average molecular weight is 209 g/mol. The van der Waals surface area contributed by atoms with Gasteiger partial charge in [-0.15, -0.1) is 0 Å². The van der Waals surface area contributed by atoms with Crippen LogP contribution in [0.15, 0.2) is 30.3 Å². The van der Waals surface area contributed by atoms with Crippen LogP contribution in [0.5, 0.6) is 0 Å². The summed E-state index contributed by atoms with van der Waals surface area (Å²) in [5, 5.41) is 0.999. The summed E-state index contributed by atoms with van der Waals surface area (Å²) in [4.78, 5) is 0. The van der Waals surface area contributed by atoms with Gasteiger partial charge in [-0.2, -0.15) is 0 Å². The molecule has 0 saturated carbocycles. The molecule has 0 spiro atoms. The zero-order chi connectivity index (χ0) is 10.2. The van der Waals surface area contributed by atoms with E-state index in [2.05, 4.69) is 6.92 Å². The molecule has 0 N–H and O–H groups in total. The van der Waals surface area contributed by atoms with E-state index in [9.17, 15) is 4.57 Å². The Labute approximate surface area is 87.3 Å². The minimum Gasteiger partial charge on any atom is -0.282 e. The molecule has 0 aliphatic carbocycles. The Morgan fingerprint density at radius 1 is 1.07 bits per heavy atom.